The van der Waals surface area contributed by atoms with E-state index in [1.165, 1.54) is 0 Å². The van der Waals surface area contributed by atoms with Crippen LogP contribution in [0.5, 0.6) is 11.5 Å². The molecule has 1 fully saturated rings. The van der Waals surface area contributed by atoms with Gasteiger partial charge in [-0.05, 0) is 32.9 Å². The van der Waals surface area contributed by atoms with E-state index >= 15 is 0 Å². The minimum Gasteiger partial charge on any atom is -0.497 e. The smallest absolute Gasteiger partial charge is 0.258 e. The summed E-state index contributed by atoms with van der Waals surface area (Å²) in [6.07, 6.45) is 2.15. The van der Waals surface area contributed by atoms with E-state index in [9.17, 15) is 4.79 Å². The van der Waals surface area contributed by atoms with E-state index in [0.29, 0.717) is 11.8 Å². The molecule has 1 aliphatic carbocycles. The van der Waals surface area contributed by atoms with Crippen molar-refractivity contribution in [3.63, 3.8) is 0 Å². The fraction of sp³-hybridized carbons (Fsp3) is 0.533. The van der Waals surface area contributed by atoms with Crippen LogP contribution in [0.3, 0.4) is 0 Å². The molecule has 5 heteroatoms. The molecule has 1 aromatic carbocycles. The molecule has 5 nitrogen and oxygen atoms in total. The Balaban J connectivity index is 2.04. The van der Waals surface area contributed by atoms with Gasteiger partial charge in [-0.15, -0.1) is 0 Å². The predicted molar refractivity (Wildman–Crippen MR) is 77.1 cm³/mol. The maximum absolute atomic E-state index is 11.7. The van der Waals surface area contributed by atoms with E-state index in [1.807, 2.05) is 32.2 Å². The zero-order valence-electron chi connectivity index (χ0n) is 12.2. The molecule has 1 saturated carbocycles. The monoisotopic (exact) mass is 278 g/mol. The molecule has 1 amide bonds. The van der Waals surface area contributed by atoms with E-state index in [-0.39, 0.29) is 18.6 Å². The maximum Gasteiger partial charge on any atom is 0.258 e. The van der Waals surface area contributed by atoms with Crippen LogP contribution in [0.1, 0.15) is 31.4 Å². The number of hydrogen-bond acceptors (Lipinski definition) is 4. The first-order valence-electron chi connectivity index (χ1n) is 6.91. The lowest BCUT2D eigenvalue weighted by Crippen LogP contribution is -2.30. The number of carbonyl (C=O) groups is 1. The molecular weight excluding hydrogens is 256 g/mol. The molecule has 20 heavy (non-hydrogen) atoms. The highest BCUT2D eigenvalue weighted by molar-refractivity contribution is 5.78. The van der Waals surface area contributed by atoms with Crippen molar-refractivity contribution in [2.75, 3.05) is 20.8 Å². The van der Waals surface area contributed by atoms with Crippen molar-refractivity contribution >= 4 is 5.91 Å². The van der Waals surface area contributed by atoms with Crippen LogP contribution in [0.4, 0.5) is 0 Å². The van der Waals surface area contributed by atoms with Crippen LogP contribution in [0.2, 0.25) is 0 Å². The average Bonchev–Trinajstić information content (AvgIpc) is 3.27. The standard InChI is InChI=1S/C15H22N2O3/c1-10(16-2)13-7-6-12(19-3)8-14(13)20-9-15(18)17-11-4-5-11/h6-8,10-11,16H,4-5,9H2,1-3H3,(H,17,18). The van der Waals surface area contributed by atoms with Gasteiger partial charge in [-0.25, -0.2) is 0 Å². The number of amides is 1. The topological polar surface area (TPSA) is 59.6 Å². The molecule has 2 rings (SSSR count). The molecule has 0 saturated heterocycles. The molecule has 1 atom stereocenters. The molecule has 0 aliphatic heterocycles. The second-order valence-corrected chi connectivity index (χ2v) is 5.04. The molecule has 110 valence electrons. The molecule has 2 N–H and O–H groups in total. The molecule has 0 bridgehead atoms. The van der Waals surface area contributed by atoms with Crippen LogP contribution in [-0.2, 0) is 4.79 Å². The van der Waals surface area contributed by atoms with Crippen molar-refractivity contribution in [2.45, 2.75) is 31.8 Å². The summed E-state index contributed by atoms with van der Waals surface area (Å²) < 4.78 is 10.9. The molecule has 0 spiro atoms. The number of benzene rings is 1. The SMILES string of the molecule is CNC(C)c1ccc(OC)cc1OCC(=O)NC1CC1. The van der Waals surface area contributed by atoms with Gasteiger partial charge in [-0.3, -0.25) is 4.79 Å². The Bertz CT molecular complexity index is 472. The Morgan fingerprint density at radius 3 is 2.80 bits per heavy atom. The zero-order valence-corrected chi connectivity index (χ0v) is 12.2. The summed E-state index contributed by atoms with van der Waals surface area (Å²) >= 11 is 0. The van der Waals surface area contributed by atoms with Gasteiger partial charge >= 0.3 is 0 Å². The van der Waals surface area contributed by atoms with Gasteiger partial charge in [0.05, 0.1) is 7.11 Å². The van der Waals surface area contributed by atoms with Crippen molar-refractivity contribution in [1.82, 2.24) is 10.6 Å². The van der Waals surface area contributed by atoms with Crippen LogP contribution in [0.15, 0.2) is 18.2 Å². The fourth-order valence-electron chi connectivity index (χ4n) is 1.92. The number of methoxy groups -OCH3 is 1. The van der Waals surface area contributed by atoms with E-state index in [4.69, 9.17) is 9.47 Å². The van der Waals surface area contributed by atoms with Crippen LogP contribution in [-0.4, -0.2) is 32.7 Å². The van der Waals surface area contributed by atoms with Crippen molar-refractivity contribution in [2.24, 2.45) is 0 Å². The Labute approximate surface area is 119 Å². The zero-order chi connectivity index (χ0) is 14.5. The van der Waals surface area contributed by atoms with Crippen LogP contribution in [0, 0.1) is 0 Å². The molecule has 0 radical (unpaired) electrons. The van der Waals surface area contributed by atoms with E-state index in [1.54, 1.807) is 7.11 Å². The molecule has 1 aromatic rings. The minimum absolute atomic E-state index is 0.0348. The normalized spacial score (nSPS) is 15.6. The summed E-state index contributed by atoms with van der Waals surface area (Å²) in [5.74, 6) is 1.32. The second kappa shape index (κ2) is 6.61. The van der Waals surface area contributed by atoms with Gasteiger partial charge in [-0.2, -0.15) is 0 Å². The first kappa shape index (κ1) is 14.7. The molecule has 1 unspecified atom stereocenters. The van der Waals surface area contributed by atoms with Gasteiger partial charge in [0.15, 0.2) is 6.61 Å². The minimum atomic E-state index is -0.0709. The average molecular weight is 278 g/mol. The first-order chi connectivity index (χ1) is 9.63. The third-order valence-corrected chi connectivity index (χ3v) is 3.42. The summed E-state index contributed by atoms with van der Waals surface area (Å²) in [5.41, 5.74) is 1.01. The lowest BCUT2D eigenvalue weighted by molar-refractivity contribution is -0.123. The highest BCUT2D eigenvalue weighted by Gasteiger charge is 2.23. The molecule has 0 aromatic heterocycles. The van der Waals surface area contributed by atoms with Gasteiger partial charge in [0.25, 0.3) is 5.91 Å². The summed E-state index contributed by atoms with van der Waals surface area (Å²) in [4.78, 5) is 11.7. The van der Waals surface area contributed by atoms with Gasteiger partial charge in [0, 0.05) is 23.7 Å². The molecule has 1 aliphatic rings. The molecule has 0 heterocycles. The quantitative estimate of drug-likeness (QED) is 0.796. The Morgan fingerprint density at radius 1 is 1.45 bits per heavy atom. The third kappa shape index (κ3) is 3.87. The lowest BCUT2D eigenvalue weighted by Gasteiger charge is -2.17. The van der Waals surface area contributed by atoms with Gasteiger partial charge in [0.2, 0.25) is 0 Å². The number of carbonyl (C=O) groups excluding carboxylic acids is 1. The summed E-state index contributed by atoms with van der Waals surface area (Å²) in [6.45, 7) is 2.08. The van der Waals surface area contributed by atoms with Crippen LogP contribution >= 0.6 is 0 Å². The van der Waals surface area contributed by atoms with Gasteiger partial charge in [0.1, 0.15) is 11.5 Å². The highest BCUT2D eigenvalue weighted by atomic mass is 16.5. The van der Waals surface area contributed by atoms with Crippen molar-refractivity contribution in [3.05, 3.63) is 23.8 Å². The van der Waals surface area contributed by atoms with E-state index in [0.717, 1.165) is 24.2 Å². The Morgan fingerprint density at radius 2 is 2.20 bits per heavy atom. The third-order valence-electron chi connectivity index (χ3n) is 3.42. The van der Waals surface area contributed by atoms with Crippen LogP contribution < -0.4 is 20.1 Å². The van der Waals surface area contributed by atoms with Gasteiger partial charge in [-0.1, -0.05) is 6.07 Å². The largest absolute Gasteiger partial charge is 0.497 e. The summed E-state index contributed by atoms with van der Waals surface area (Å²) in [5, 5.41) is 6.07. The molecular formula is C15H22N2O3. The van der Waals surface area contributed by atoms with Crippen molar-refractivity contribution < 1.29 is 14.3 Å². The number of hydrogen-bond donors (Lipinski definition) is 2. The number of nitrogens with one attached hydrogen (secondary N) is 2. The first-order valence-corrected chi connectivity index (χ1v) is 6.91. The number of rotatable bonds is 7. The fourth-order valence-corrected chi connectivity index (χ4v) is 1.92. The van der Waals surface area contributed by atoms with Gasteiger partial charge < -0.3 is 20.1 Å². The Hall–Kier alpha value is -1.75. The van der Waals surface area contributed by atoms with E-state index in [2.05, 4.69) is 10.6 Å². The predicted octanol–water partition coefficient (Wildman–Crippen LogP) is 1.63. The van der Waals surface area contributed by atoms with Crippen LogP contribution in [0.25, 0.3) is 0 Å². The summed E-state index contributed by atoms with van der Waals surface area (Å²) in [7, 11) is 3.50. The maximum atomic E-state index is 11.7. The summed E-state index contributed by atoms with van der Waals surface area (Å²) in [6, 6.07) is 6.15. The van der Waals surface area contributed by atoms with Crippen molar-refractivity contribution in [3.8, 4) is 11.5 Å². The van der Waals surface area contributed by atoms with Crippen molar-refractivity contribution in [1.29, 1.82) is 0 Å². The lowest BCUT2D eigenvalue weighted by atomic mass is 10.1. The second-order valence-electron chi connectivity index (χ2n) is 5.04. The Kier molecular flexibility index (Phi) is 4.84. The van der Waals surface area contributed by atoms with E-state index < -0.39 is 0 Å². The highest BCUT2D eigenvalue weighted by Crippen LogP contribution is 2.29. The number of ether oxygens (including phenoxy) is 2.